The number of hydrogen-bond donors (Lipinski definition) is 4. The molecule has 0 aliphatic heterocycles. The Hall–Kier alpha value is -3.63. The summed E-state index contributed by atoms with van der Waals surface area (Å²) in [5, 5.41) is 15.3. The molecule has 3 rings (SSSR count). The molecule has 0 amide bonds. The highest BCUT2D eigenvalue weighted by Crippen LogP contribution is 2.30. The van der Waals surface area contributed by atoms with Gasteiger partial charge in [0, 0.05) is 29.2 Å². The summed E-state index contributed by atoms with van der Waals surface area (Å²) >= 11 is 6.22. The fourth-order valence-corrected chi connectivity index (χ4v) is 3.70. The summed E-state index contributed by atoms with van der Waals surface area (Å²) in [5.41, 5.74) is 3.08. The zero-order valence-electron chi connectivity index (χ0n) is 19.6. The second-order valence-electron chi connectivity index (χ2n) is 8.68. The number of carboxylic acids is 1. The summed E-state index contributed by atoms with van der Waals surface area (Å²) in [5.74, 6) is -0.148. The van der Waals surface area contributed by atoms with Crippen molar-refractivity contribution in [3.63, 3.8) is 0 Å². The van der Waals surface area contributed by atoms with E-state index in [4.69, 9.17) is 16.7 Å². The molecule has 3 aromatic rings. The van der Waals surface area contributed by atoms with Crippen LogP contribution in [0.1, 0.15) is 31.9 Å². The van der Waals surface area contributed by atoms with Gasteiger partial charge in [-0.25, -0.2) is 18.2 Å². The maximum atomic E-state index is 12.6. The first-order chi connectivity index (χ1) is 16.3. The molecule has 0 saturated carbocycles. The van der Waals surface area contributed by atoms with Crippen LogP contribution in [0, 0.1) is 6.92 Å². The number of aryl methyl sites for hydroxylation is 1. The van der Waals surface area contributed by atoms with Crippen LogP contribution in [0.15, 0.2) is 54.7 Å². The van der Waals surface area contributed by atoms with E-state index in [0.717, 1.165) is 22.9 Å². The van der Waals surface area contributed by atoms with E-state index >= 15 is 0 Å². The highest BCUT2D eigenvalue weighted by molar-refractivity contribution is 7.94. The van der Waals surface area contributed by atoms with Gasteiger partial charge in [-0.3, -0.25) is 4.72 Å². The summed E-state index contributed by atoms with van der Waals surface area (Å²) in [4.78, 5) is 19.5. The Morgan fingerprint density at radius 3 is 2.34 bits per heavy atom. The van der Waals surface area contributed by atoms with Crippen LogP contribution in [0.2, 0.25) is 5.02 Å². The first-order valence-corrected chi connectivity index (χ1v) is 12.4. The summed E-state index contributed by atoms with van der Waals surface area (Å²) in [6.45, 7) is 6.65. The molecule has 0 aliphatic rings. The molecule has 0 unspecified atom stereocenters. The van der Waals surface area contributed by atoms with Crippen molar-refractivity contribution in [1.82, 2.24) is 9.97 Å². The third kappa shape index (κ3) is 6.93. The van der Waals surface area contributed by atoms with Crippen LogP contribution >= 0.6 is 11.6 Å². The lowest BCUT2D eigenvalue weighted by Gasteiger charge is -2.21. The molecule has 0 aliphatic carbocycles. The summed E-state index contributed by atoms with van der Waals surface area (Å²) < 4.78 is 26.7. The lowest BCUT2D eigenvalue weighted by Crippen LogP contribution is -2.33. The van der Waals surface area contributed by atoms with Gasteiger partial charge in [0.25, 0.3) is 0 Å². The summed E-state index contributed by atoms with van der Waals surface area (Å²) in [6, 6.07) is 12.0. The predicted octanol–water partition coefficient (Wildman–Crippen LogP) is 5.56. The lowest BCUT2D eigenvalue weighted by molar-refractivity contribution is -0.131. The average Bonchev–Trinajstić information content (AvgIpc) is 2.77. The Morgan fingerprint density at radius 2 is 1.71 bits per heavy atom. The number of rotatable bonds is 8. The largest absolute Gasteiger partial charge is 0.478 e. The lowest BCUT2D eigenvalue weighted by atomic mass is 10.2. The van der Waals surface area contributed by atoms with Crippen molar-refractivity contribution in [3.05, 3.63) is 70.9 Å². The van der Waals surface area contributed by atoms with E-state index in [0.29, 0.717) is 17.5 Å². The number of hydrogen-bond acceptors (Lipinski definition) is 7. The van der Waals surface area contributed by atoms with Gasteiger partial charge in [-0.2, -0.15) is 4.98 Å². The molecule has 0 spiro atoms. The minimum absolute atomic E-state index is 0.258. The van der Waals surface area contributed by atoms with Gasteiger partial charge in [0.05, 0.1) is 15.5 Å². The monoisotopic (exact) mass is 515 g/mol. The molecule has 0 fully saturated rings. The number of aromatic nitrogens is 2. The minimum Gasteiger partial charge on any atom is -0.478 e. The second-order valence-corrected chi connectivity index (χ2v) is 11.5. The number of halogens is 1. The smallest absolute Gasteiger partial charge is 0.328 e. The fraction of sp³-hybridized carbons (Fsp3) is 0.208. The summed E-state index contributed by atoms with van der Waals surface area (Å²) in [7, 11) is -3.65. The minimum atomic E-state index is -3.65. The van der Waals surface area contributed by atoms with E-state index in [1.807, 2.05) is 6.92 Å². The highest BCUT2D eigenvalue weighted by atomic mass is 35.5. The zero-order chi connectivity index (χ0) is 25.8. The molecule has 0 bridgehead atoms. The maximum absolute atomic E-state index is 12.6. The van der Waals surface area contributed by atoms with Crippen LogP contribution in [-0.4, -0.2) is 34.2 Å². The molecule has 0 atom stereocenters. The standard InChI is InChI=1S/C24H26ClN5O4S/c1-15-14-26-23(28-17-8-5-16(6-9-17)7-12-21(31)32)29-22(15)27-18-10-11-19(25)20(13-18)30-35(33,34)24(2,3)4/h5-14,30H,1-4H3,(H,31,32)(H2,26,27,28,29)/b12-7+. The maximum Gasteiger partial charge on any atom is 0.328 e. The first kappa shape index (κ1) is 26.0. The molecule has 11 heteroatoms. The molecule has 4 N–H and O–H groups in total. The van der Waals surface area contributed by atoms with Gasteiger partial charge >= 0.3 is 5.97 Å². The Kier molecular flexibility index (Phi) is 7.67. The molecule has 35 heavy (non-hydrogen) atoms. The van der Waals surface area contributed by atoms with Crippen LogP contribution in [0.4, 0.5) is 28.8 Å². The number of carbonyl (C=O) groups is 1. The van der Waals surface area contributed by atoms with Gasteiger partial charge in [-0.05, 0) is 69.7 Å². The van der Waals surface area contributed by atoms with Gasteiger partial charge in [0.1, 0.15) is 5.82 Å². The van der Waals surface area contributed by atoms with Crippen molar-refractivity contribution < 1.29 is 18.3 Å². The first-order valence-electron chi connectivity index (χ1n) is 10.5. The second kappa shape index (κ2) is 10.3. The van der Waals surface area contributed by atoms with Crippen LogP contribution in [0.3, 0.4) is 0 Å². The van der Waals surface area contributed by atoms with E-state index in [-0.39, 0.29) is 10.7 Å². The van der Waals surface area contributed by atoms with E-state index in [1.165, 1.54) is 6.08 Å². The Morgan fingerprint density at radius 1 is 1.06 bits per heavy atom. The van der Waals surface area contributed by atoms with Gasteiger partial charge in [-0.15, -0.1) is 0 Å². The van der Waals surface area contributed by atoms with Gasteiger partial charge in [0.2, 0.25) is 16.0 Å². The average molecular weight is 516 g/mol. The number of anilines is 5. The molecule has 0 radical (unpaired) electrons. The quantitative estimate of drug-likeness (QED) is 0.286. The normalized spacial score (nSPS) is 11.9. The number of nitrogens with one attached hydrogen (secondary N) is 3. The Bertz CT molecular complexity index is 1370. The fourth-order valence-electron chi connectivity index (χ4n) is 2.72. The predicted molar refractivity (Wildman–Crippen MR) is 140 cm³/mol. The zero-order valence-corrected chi connectivity index (χ0v) is 21.2. The van der Waals surface area contributed by atoms with Crippen LogP contribution < -0.4 is 15.4 Å². The molecule has 1 aromatic heterocycles. The number of aliphatic carboxylic acids is 1. The van der Waals surface area contributed by atoms with Gasteiger partial charge < -0.3 is 15.7 Å². The highest BCUT2D eigenvalue weighted by Gasteiger charge is 2.29. The SMILES string of the molecule is Cc1cnc(Nc2ccc(/C=C/C(=O)O)cc2)nc1Nc1ccc(Cl)c(NS(=O)(=O)C(C)(C)C)c1. The van der Waals surface area contributed by atoms with Crippen LogP contribution in [0.25, 0.3) is 6.08 Å². The third-order valence-corrected chi connectivity index (χ3v) is 7.27. The van der Waals surface area contributed by atoms with E-state index in [2.05, 4.69) is 25.3 Å². The number of carboxylic acid groups (broad SMARTS) is 1. The van der Waals surface area contributed by atoms with Crippen LogP contribution in [-0.2, 0) is 14.8 Å². The Labute approximate surface area is 209 Å². The van der Waals surface area contributed by atoms with Crippen molar-refractivity contribution in [2.75, 3.05) is 15.4 Å². The van der Waals surface area contributed by atoms with E-state index < -0.39 is 20.7 Å². The Balaban J connectivity index is 1.79. The van der Waals surface area contributed by atoms with E-state index in [9.17, 15) is 13.2 Å². The molecule has 1 heterocycles. The van der Waals surface area contributed by atoms with Crippen molar-refractivity contribution in [2.45, 2.75) is 32.4 Å². The molecule has 0 saturated heterocycles. The van der Waals surface area contributed by atoms with Crippen molar-refractivity contribution >= 4 is 62.5 Å². The van der Waals surface area contributed by atoms with E-state index in [1.54, 1.807) is 69.4 Å². The van der Waals surface area contributed by atoms with Crippen LogP contribution in [0.5, 0.6) is 0 Å². The third-order valence-electron chi connectivity index (χ3n) is 4.84. The number of sulfonamides is 1. The molecule has 2 aromatic carbocycles. The molecular weight excluding hydrogens is 490 g/mol. The molecular formula is C24H26ClN5O4S. The number of nitrogens with zero attached hydrogens (tertiary/aromatic N) is 2. The van der Waals surface area contributed by atoms with Gasteiger partial charge in [-0.1, -0.05) is 23.7 Å². The van der Waals surface area contributed by atoms with Crippen molar-refractivity contribution in [3.8, 4) is 0 Å². The molecule has 184 valence electrons. The topological polar surface area (TPSA) is 133 Å². The van der Waals surface area contributed by atoms with Gasteiger partial charge in [0.15, 0.2) is 0 Å². The molecule has 9 nitrogen and oxygen atoms in total. The van der Waals surface area contributed by atoms with Crippen molar-refractivity contribution in [1.29, 1.82) is 0 Å². The van der Waals surface area contributed by atoms with Crippen molar-refractivity contribution in [2.24, 2.45) is 0 Å². The number of benzene rings is 2. The summed E-state index contributed by atoms with van der Waals surface area (Å²) in [6.07, 6.45) is 4.22.